The van der Waals surface area contributed by atoms with E-state index in [2.05, 4.69) is 39.8 Å². The molecule has 160 valence electrons. The summed E-state index contributed by atoms with van der Waals surface area (Å²) in [6, 6.07) is 19.2. The SMILES string of the molecule is O=C(CSC(=O)c1ccccc1)[N-]c1c[n+](N2CCN(Cc3ccccc3)CC2)no1. The standard InChI is InChI=1S/C22H23N5O3S/c28-20(17-31-22(29)19-9-5-2-6-10-19)23-21-16-27(24-30-21)26-13-11-25(12-14-26)15-18-7-3-1-4-8-18/h1-10,16H,11-15,17H2. The van der Waals surface area contributed by atoms with Crippen LogP contribution in [0.2, 0.25) is 0 Å². The minimum Gasteiger partial charge on any atom is -0.588 e. The van der Waals surface area contributed by atoms with Gasteiger partial charge in [-0.1, -0.05) is 72.4 Å². The molecule has 2 aromatic carbocycles. The van der Waals surface area contributed by atoms with Gasteiger partial charge in [0.05, 0.1) is 23.8 Å². The molecule has 4 rings (SSSR count). The maximum absolute atomic E-state index is 12.1. The number of carbonyl (C=O) groups is 2. The first-order valence-electron chi connectivity index (χ1n) is 10.0. The average Bonchev–Trinajstić information content (AvgIpc) is 3.27. The van der Waals surface area contributed by atoms with Crippen LogP contribution < -0.4 is 9.80 Å². The predicted octanol–water partition coefficient (Wildman–Crippen LogP) is 2.52. The van der Waals surface area contributed by atoms with E-state index in [-0.39, 0.29) is 16.8 Å². The van der Waals surface area contributed by atoms with Gasteiger partial charge in [0.1, 0.15) is 5.88 Å². The van der Waals surface area contributed by atoms with Gasteiger partial charge >= 0.3 is 0 Å². The molecular formula is C22H23N5O3S. The Morgan fingerprint density at radius 1 is 1.00 bits per heavy atom. The second kappa shape index (κ2) is 10.2. The quantitative estimate of drug-likeness (QED) is 0.525. The molecule has 0 saturated carbocycles. The molecule has 1 aliphatic rings. The summed E-state index contributed by atoms with van der Waals surface area (Å²) in [7, 11) is 0. The molecule has 1 amide bonds. The van der Waals surface area contributed by atoms with E-state index in [1.807, 2.05) is 17.1 Å². The molecule has 0 unspecified atom stereocenters. The van der Waals surface area contributed by atoms with E-state index in [0.29, 0.717) is 5.56 Å². The van der Waals surface area contributed by atoms with Gasteiger partial charge in [-0.3, -0.25) is 9.69 Å². The van der Waals surface area contributed by atoms with Crippen molar-refractivity contribution in [3.8, 4) is 0 Å². The third-order valence-corrected chi connectivity index (χ3v) is 5.79. The van der Waals surface area contributed by atoms with Crippen molar-refractivity contribution >= 4 is 28.7 Å². The molecule has 3 aromatic rings. The lowest BCUT2D eigenvalue weighted by molar-refractivity contribution is -0.759. The van der Waals surface area contributed by atoms with E-state index >= 15 is 0 Å². The van der Waals surface area contributed by atoms with Crippen LogP contribution in [-0.2, 0) is 11.3 Å². The number of aromatic nitrogens is 2. The van der Waals surface area contributed by atoms with Crippen molar-refractivity contribution in [3.05, 3.63) is 83.3 Å². The second-order valence-electron chi connectivity index (χ2n) is 7.12. The molecule has 0 bridgehead atoms. The number of piperazine rings is 1. The molecule has 0 spiro atoms. The number of hydrogen-bond donors (Lipinski definition) is 0. The van der Waals surface area contributed by atoms with Gasteiger partial charge in [0.25, 0.3) is 6.20 Å². The smallest absolute Gasteiger partial charge is 0.257 e. The van der Waals surface area contributed by atoms with Crippen LogP contribution in [-0.4, -0.2) is 53.1 Å². The first-order chi connectivity index (χ1) is 15.2. The lowest BCUT2D eigenvalue weighted by Crippen LogP contribution is -2.65. The highest BCUT2D eigenvalue weighted by Gasteiger charge is 2.24. The zero-order chi connectivity index (χ0) is 21.5. The Hall–Kier alpha value is -3.17. The molecule has 31 heavy (non-hydrogen) atoms. The van der Waals surface area contributed by atoms with E-state index in [4.69, 9.17) is 4.52 Å². The van der Waals surface area contributed by atoms with E-state index < -0.39 is 5.91 Å². The van der Waals surface area contributed by atoms with E-state index in [9.17, 15) is 9.59 Å². The first-order valence-corrected chi connectivity index (χ1v) is 11.0. The van der Waals surface area contributed by atoms with Gasteiger partial charge in [-0.2, -0.15) is 5.01 Å². The maximum Gasteiger partial charge on any atom is 0.257 e. The summed E-state index contributed by atoms with van der Waals surface area (Å²) in [5.74, 6) is -0.359. The lowest BCUT2D eigenvalue weighted by Gasteiger charge is -2.30. The normalized spacial score (nSPS) is 14.4. The van der Waals surface area contributed by atoms with Gasteiger partial charge < -0.3 is 14.6 Å². The van der Waals surface area contributed by atoms with Crippen LogP contribution in [0.25, 0.3) is 5.32 Å². The Morgan fingerprint density at radius 3 is 2.39 bits per heavy atom. The van der Waals surface area contributed by atoms with Gasteiger partial charge in [0.2, 0.25) is 10.4 Å². The molecule has 0 aliphatic carbocycles. The fourth-order valence-corrected chi connectivity index (χ4v) is 3.92. The third-order valence-electron chi connectivity index (χ3n) is 4.90. The molecule has 1 aliphatic heterocycles. The maximum atomic E-state index is 12.1. The fraction of sp³-hybridized carbons (Fsp3) is 0.273. The lowest BCUT2D eigenvalue weighted by atomic mass is 10.2. The van der Waals surface area contributed by atoms with Crippen LogP contribution >= 0.6 is 11.8 Å². The van der Waals surface area contributed by atoms with Crippen molar-refractivity contribution in [1.82, 2.24) is 10.2 Å². The zero-order valence-corrected chi connectivity index (χ0v) is 17.8. The highest BCUT2D eigenvalue weighted by Crippen LogP contribution is 2.19. The Kier molecular flexibility index (Phi) is 6.96. The molecule has 8 nitrogen and oxygen atoms in total. The van der Waals surface area contributed by atoms with Gasteiger partial charge in [0.15, 0.2) is 0 Å². The first kappa shape index (κ1) is 21.1. The van der Waals surface area contributed by atoms with Crippen LogP contribution in [0.1, 0.15) is 15.9 Å². The van der Waals surface area contributed by atoms with Crippen LogP contribution in [0.5, 0.6) is 0 Å². The van der Waals surface area contributed by atoms with Crippen molar-refractivity contribution in [2.45, 2.75) is 6.54 Å². The van der Waals surface area contributed by atoms with E-state index in [0.717, 1.165) is 44.5 Å². The van der Waals surface area contributed by atoms with Gasteiger partial charge in [-0.05, 0) is 5.56 Å². The zero-order valence-electron chi connectivity index (χ0n) is 17.0. The van der Waals surface area contributed by atoms with Crippen molar-refractivity contribution in [1.29, 1.82) is 0 Å². The summed E-state index contributed by atoms with van der Waals surface area (Å²) in [6.07, 6.45) is 1.59. The van der Waals surface area contributed by atoms with Gasteiger partial charge in [-0.15, -0.1) is 0 Å². The summed E-state index contributed by atoms with van der Waals surface area (Å²) in [5, 5.41) is 9.77. The van der Waals surface area contributed by atoms with Crippen LogP contribution in [0, 0.1) is 0 Å². The van der Waals surface area contributed by atoms with E-state index in [1.54, 1.807) is 35.3 Å². The number of amides is 1. The largest absolute Gasteiger partial charge is 0.588 e. The Morgan fingerprint density at radius 2 is 1.68 bits per heavy atom. The van der Waals surface area contributed by atoms with Crippen LogP contribution in [0.3, 0.4) is 0 Å². The average molecular weight is 438 g/mol. The van der Waals surface area contributed by atoms with Crippen LogP contribution in [0.4, 0.5) is 5.88 Å². The molecule has 0 atom stereocenters. The number of carbonyl (C=O) groups excluding carboxylic acids is 2. The minimum absolute atomic E-state index is 0.0490. The summed E-state index contributed by atoms with van der Waals surface area (Å²) in [5.41, 5.74) is 1.86. The van der Waals surface area contributed by atoms with Gasteiger partial charge in [0, 0.05) is 31.0 Å². The number of nitrogens with zero attached hydrogens (tertiary/aromatic N) is 5. The molecular weight excluding hydrogens is 414 g/mol. The van der Waals surface area contributed by atoms with Crippen molar-refractivity contribution in [3.63, 3.8) is 0 Å². The fourth-order valence-electron chi connectivity index (χ4n) is 3.29. The molecule has 9 heteroatoms. The van der Waals surface area contributed by atoms with Crippen LogP contribution in [0.15, 0.2) is 71.4 Å². The molecule has 0 radical (unpaired) electrons. The van der Waals surface area contributed by atoms with Crippen molar-refractivity contribution in [2.75, 3.05) is 36.9 Å². The number of thioether (sulfide) groups is 1. The molecule has 2 heterocycles. The molecule has 0 N–H and O–H groups in total. The number of benzene rings is 2. The monoisotopic (exact) mass is 437 g/mol. The topological polar surface area (TPSA) is 84.6 Å². The Labute approximate surface area is 184 Å². The number of rotatable bonds is 7. The highest BCUT2D eigenvalue weighted by molar-refractivity contribution is 8.14. The molecule has 1 saturated heterocycles. The Balaban J connectivity index is 1.22. The minimum atomic E-state index is -0.440. The van der Waals surface area contributed by atoms with E-state index in [1.165, 1.54) is 5.56 Å². The molecule has 1 aromatic heterocycles. The summed E-state index contributed by atoms with van der Waals surface area (Å²) in [6.45, 7) is 4.31. The van der Waals surface area contributed by atoms with Crippen molar-refractivity contribution < 1.29 is 18.9 Å². The third kappa shape index (κ3) is 5.93. The van der Waals surface area contributed by atoms with Gasteiger partial charge in [-0.25, -0.2) is 0 Å². The summed E-state index contributed by atoms with van der Waals surface area (Å²) in [4.78, 5) is 28.1. The highest BCUT2D eigenvalue weighted by atomic mass is 32.2. The van der Waals surface area contributed by atoms with Crippen molar-refractivity contribution in [2.24, 2.45) is 0 Å². The summed E-state index contributed by atoms with van der Waals surface area (Å²) < 4.78 is 5.18. The summed E-state index contributed by atoms with van der Waals surface area (Å²) >= 11 is 0.926. The molecule has 1 fully saturated rings. The predicted molar refractivity (Wildman–Crippen MR) is 118 cm³/mol. The second-order valence-corrected chi connectivity index (χ2v) is 8.07. The number of hydrogen-bond acceptors (Lipinski definition) is 7. The Bertz CT molecular complexity index is 1000.